The van der Waals surface area contributed by atoms with E-state index < -0.39 is 10.0 Å². The summed E-state index contributed by atoms with van der Waals surface area (Å²) < 4.78 is 23.5. The average molecular weight is 303 g/mol. The van der Waals surface area contributed by atoms with Crippen LogP contribution in [0.15, 0.2) is 47.4 Å². The smallest absolute Gasteiger partial charge is 0.240 e. The minimum atomic E-state index is -3.73. The van der Waals surface area contributed by atoms with Crippen LogP contribution in [-0.2, 0) is 23.0 Å². The second-order valence-corrected chi connectivity index (χ2v) is 6.74. The van der Waals surface area contributed by atoms with Gasteiger partial charge in [-0.2, -0.15) is 0 Å². The van der Waals surface area contributed by atoms with Crippen LogP contribution in [0.4, 0.5) is 11.4 Å². The van der Waals surface area contributed by atoms with Crippen LogP contribution in [0.2, 0.25) is 0 Å². The van der Waals surface area contributed by atoms with E-state index in [9.17, 15) is 8.42 Å². The Bertz CT molecular complexity index is 787. The molecule has 0 spiro atoms. The first-order chi connectivity index (χ1) is 9.95. The van der Waals surface area contributed by atoms with Crippen molar-refractivity contribution in [2.45, 2.75) is 17.9 Å². The van der Waals surface area contributed by atoms with Crippen molar-refractivity contribution in [3.05, 3.63) is 53.6 Å². The topological polar surface area (TPSA) is 89.4 Å². The summed E-state index contributed by atoms with van der Waals surface area (Å²) in [6.07, 6.45) is 0.856. The Morgan fingerprint density at radius 1 is 1.05 bits per heavy atom. The molecule has 0 amide bonds. The minimum absolute atomic E-state index is 0.164. The van der Waals surface area contributed by atoms with Crippen LogP contribution in [0, 0.1) is 0 Å². The fraction of sp³-hybridized carbons (Fsp3) is 0.200. The van der Waals surface area contributed by atoms with Gasteiger partial charge in [0.25, 0.3) is 0 Å². The van der Waals surface area contributed by atoms with Gasteiger partial charge in [0.1, 0.15) is 4.90 Å². The molecule has 0 atom stereocenters. The third kappa shape index (κ3) is 2.72. The molecule has 6 heteroatoms. The maximum absolute atomic E-state index is 11.7. The highest BCUT2D eigenvalue weighted by atomic mass is 32.2. The Kier molecular flexibility index (Phi) is 3.35. The number of nitrogen functional groups attached to an aromatic ring is 1. The lowest BCUT2D eigenvalue weighted by molar-refractivity contribution is 0.596. The number of sulfonamides is 1. The summed E-state index contributed by atoms with van der Waals surface area (Å²) in [5.74, 6) is 0. The van der Waals surface area contributed by atoms with Crippen LogP contribution in [0.5, 0.6) is 0 Å². The van der Waals surface area contributed by atoms with Gasteiger partial charge in [0.05, 0.1) is 5.69 Å². The Balaban J connectivity index is 2.01. The second kappa shape index (κ2) is 5.05. The predicted octanol–water partition coefficient (Wildman–Crippen LogP) is 1.48. The van der Waals surface area contributed by atoms with Gasteiger partial charge < -0.3 is 10.6 Å². The van der Waals surface area contributed by atoms with E-state index in [1.165, 1.54) is 5.56 Å². The molecule has 2 aromatic rings. The third-order valence-corrected chi connectivity index (χ3v) is 4.71. The highest BCUT2D eigenvalue weighted by molar-refractivity contribution is 7.89. The standard InChI is InChI=1S/C15H17N3O2S/c16-13-6-5-11-7-8-18(10-12(11)9-13)14-3-1-2-4-15(14)21(17,19)20/h1-6,9H,7-8,10,16H2,(H2,17,19,20). The summed E-state index contributed by atoms with van der Waals surface area (Å²) in [6, 6.07) is 12.7. The normalized spacial score (nSPS) is 14.8. The van der Waals surface area contributed by atoms with Gasteiger partial charge in [-0.25, -0.2) is 13.6 Å². The van der Waals surface area contributed by atoms with E-state index in [-0.39, 0.29) is 4.90 Å². The first kappa shape index (κ1) is 13.9. The molecule has 1 aliphatic heterocycles. The molecule has 0 saturated heterocycles. The zero-order chi connectivity index (χ0) is 15.0. The van der Waals surface area contributed by atoms with Crippen molar-refractivity contribution >= 4 is 21.4 Å². The first-order valence-electron chi connectivity index (χ1n) is 6.69. The number of nitrogens with zero attached hydrogens (tertiary/aromatic N) is 1. The highest BCUT2D eigenvalue weighted by Gasteiger charge is 2.22. The van der Waals surface area contributed by atoms with Crippen molar-refractivity contribution in [3.63, 3.8) is 0 Å². The van der Waals surface area contributed by atoms with E-state index in [0.29, 0.717) is 12.2 Å². The monoisotopic (exact) mass is 303 g/mol. The van der Waals surface area contributed by atoms with Gasteiger partial charge in [0.2, 0.25) is 10.0 Å². The van der Waals surface area contributed by atoms with E-state index in [1.54, 1.807) is 18.2 Å². The highest BCUT2D eigenvalue weighted by Crippen LogP contribution is 2.30. The largest absolute Gasteiger partial charge is 0.399 e. The van der Waals surface area contributed by atoms with Crippen molar-refractivity contribution < 1.29 is 8.42 Å². The number of benzene rings is 2. The number of primary sulfonamides is 1. The van der Waals surface area contributed by atoms with Gasteiger partial charge in [-0.1, -0.05) is 18.2 Å². The molecule has 5 nitrogen and oxygen atoms in total. The van der Waals surface area contributed by atoms with Crippen molar-refractivity contribution in [2.75, 3.05) is 17.2 Å². The van der Waals surface area contributed by atoms with Gasteiger partial charge in [0, 0.05) is 18.8 Å². The number of fused-ring (bicyclic) bond motifs is 1. The van der Waals surface area contributed by atoms with Crippen LogP contribution >= 0.6 is 0 Å². The molecule has 0 fully saturated rings. The molecule has 3 rings (SSSR count). The maximum atomic E-state index is 11.7. The number of hydrogen-bond donors (Lipinski definition) is 2. The van der Waals surface area contributed by atoms with Crippen LogP contribution < -0.4 is 15.8 Å². The number of hydrogen-bond acceptors (Lipinski definition) is 4. The van der Waals surface area contributed by atoms with Gasteiger partial charge in [0.15, 0.2) is 0 Å². The molecule has 0 aliphatic carbocycles. The fourth-order valence-corrected chi connectivity index (χ4v) is 3.50. The van der Waals surface area contributed by atoms with Gasteiger partial charge in [-0.15, -0.1) is 0 Å². The van der Waals surface area contributed by atoms with Gasteiger partial charge >= 0.3 is 0 Å². The van der Waals surface area contributed by atoms with Gasteiger partial charge in [-0.05, 0) is 41.8 Å². The summed E-state index contributed by atoms with van der Waals surface area (Å²) >= 11 is 0. The lowest BCUT2D eigenvalue weighted by atomic mass is 9.98. The van der Waals surface area contributed by atoms with Crippen LogP contribution in [0.3, 0.4) is 0 Å². The number of anilines is 2. The molecule has 2 aromatic carbocycles. The maximum Gasteiger partial charge on any atom is 0.240 e. The summed E-state index contributed by atoms with van der Waals surface area (Å²) in [5, 5.41) is 5.31. The fourth-order valence-electron chi connectivity index (χ4n) is 2.74. The Hall–Kier alpha value is -2.05. The summed E-state index contributed by atoms with van der Waals surface area (Å²) in [6.45, 7) is 1.39. The van der Waals surface area contributed by atoms with E-state index in [0.717, 1.165) is 24.2 Å². The second-order valence-electron chi connectivity index (χ2n) is 5.21. The molecule has 4 N–H and O–H groups in total. The molecule has 1 aliphatic rings. The van der Waals surface area contributed by atoms with E-state index in [2.05, 4.69) is 0 Å². The lowest BCUT2D eigenvalue weighted by Gasteiger charge is -2.32. The molecule has 0 aromatic heterocycles. The SMILES string of the molecule is Nc1ccc2c(c1)CN(c1ccccc1S(N)(=O)=O)CC2. The van der Waals surface area contributed by atoms with E-state index in [1.807, 2.05) is 29.2 Å². The summed E-state index contributed by atoms with van der Waals surface area (Å²) in [5.41, 5.74) is 9.58. The molecule has 110 valence electrons. The molecule has 0 unspecified atom stereocenters. The van der Waals surface area contributed by atoms with E-state index in [4.69, 9.17) is 10.9 Å². The molecule has 21 heavy (non-hydrogen) atoms. The van der Waals surface area contributed by atoms with Crippen LogP contribution in [0.25, 0.3) is 0 Å². The first-order valence-corrected chi connectivity index (χ1v) is 8.24. The molecule has 1 heterocycles. The third-order valence-electron chi connectivity index (χ3n) is 3.76. The summed E-state index contributed by atoms with van der Waals surface area (Å²) in [7, 11) is -3.73. The lowest BCUT2D eigenvalue weighted by Crippen LogP contribution is -2.32. The quantitative estimate of drug-likeness (QED) is 0.822. The van der Waals surface area contributed by atoms with Crippen molar-refractivity contribution in [1.29, 1.82) is 0 Å². The number of nitrogens with two attached hydrogens (primary N) is 2. The zero-order valence-corrected chi connectivity index (χ0v) is 12.3. The Morgan fingerprint density at radius 3 is 2.57 bits per heavy atom. The van der Waals surface area contributed by atoms with Crippen LogP contribution in [0.1, 0.15) is 11.1 Å². The molecule has 0 radical (unpaired) electrons. The van der Waals surface area contributed by atoms with Crippen molar-refractivity contribution in [3.8, 4) is 0 Å². The molecule has 0 bridgehead atoms. The minimum Gasteiger partial charge on any atom is -0.399 e. The molecule has 0 saturated carbocycles. The molecular formula is C15H17N3O2S. The van der Waals surface area contributed by atoms with Crippen molar-refractivity contribution in [1.82, 2.24) is 0 Å². The predicted molar refractivity (Wildman–Crippen MR) is 83.4 cm³/mol. The Labute approximate surface area is 124 Å². The number of para-hydroxylation sites is 1. The van der Waals surface area contributed by atoms with Gasteiger partial charge in [-0.3, -0.25) is 0 Å². The van der Waals surface area contributed by atoms with Crippen LogP contribution in [-0.4, -0.2) is 15.0 Å². The van der Waals surface area contributed by atoms with E-state index >= 15 is 0 Å². The summed E-state index contributed by atoms with van der Waals surface area (Å²) in [4.78, 5) is 2.19. The zero-order valence-electron chi connectivity index (χ0n) is 11.5. The Morgan fingerprint density at radius 2 is 1.81 bits per heavy atom. The van der Waals surface area contributed by atoms with Crippen molar-refractivity contribution in [2.24, 2.45) is 5.14 Å². The number of rotatable bonds is 2. The molecular weight excluding hydrogens is 286 g/mol. The average Bonchev–Trinajstić information content (AvgIpc) is 2.45.